The first-order chi connectivity index (χ1) is 7.27. The highest BCUT2D eigenvalue weighted by atomic mass is 16.3. The fourth-order valence-electron chi connectivity index (χ4n) is 3.01. The standard InChI is InChI=1S/C14H16O/c15-13-4-3-12-10-14(6-1-2-7-14)8-5-11(12)9-13/h1-4,9,15H,5-8,10H2. The van der Waals surface area contributed by atoms with Crippen molar-refractivity contribution in [2.75, 3.05) is 0 Å². The number of benzene rings is 1. The van der Waals surface area contributed by atoms with Gasteiger partial charge in [0.25, 0.3) is 0 Å². The highest BCUT2D eigenvalue weighted by Crippen LogP contribution is 2.45. The lowest BCUT2D eigenvalue weighted by Crippen LogP contribution is -2.25. The molecule has 0 saturated carbocycles. The van der Waals surface area contributed by atoms with Crippen LogP contribution in [0.5, 0.6) is 5.75 Å². The van der Waals surface area contributed by atoms with Gasteiger partial charge in [0.1, 0.15) is 5.75 Å². The molecule has 0 amide bonds. The zero-order valence-corrected chi connectivity index (χ0v) is 8.87. The van der Waals surface area contributed by atoms with E-state index in [2.05, 4.69) is 18.2 Å². The van der Waals surface area contributed by atoms with Crippen LogP contribution in [0.2, 0.25) is 0 Å². The summed E-state index contributed by atoms with van der Waals surface area (Å²) in [5.74, 6) is 0.411. The van der Waals surface area contributed by atoms with Gasteiger partial charge < -0.3 is 5.11 Å². The van der Waals surface area contributed by atoms with Crippen LogP contribution >= 0.6 is 0 Å². The number of hydrogen-bond donors (Lipinski definition) is 1. The van der Waals surface area contributed by atoms with Crippen molar-refractivity contribution in [3.63, 3.8) is 0 Å². The number of aryl methyl sites for hydroxylation is 1. The van der Waals surface area contributed by atoms with Crippen LogP contribution in [0.1, 0.15) is 30.4 Å². The van der Waals surface area contributed by atoms with Crippen molar-refractivity contribution in [3.8, 4) is 5.75 Å². The van der Waals surface area contributed by atoms with Crippen LogP contribution in [0.4, 0.5) is 0 Å². The fraction of sp³-hybridized carbons (Fsp3) is 0.429. The van der Waals surface area contributed by atoms with E-state index >= 15 is 0 Å². The lowest BCUT2D eigenvalue weighted by molar-refractivity contribution is 0.266. The Balaban J connectivity index is 1.93. The van der Waals surface area contributed by atoms with E-state index in [1.165, 1.54) is 36.8 Å². The second-order valence-corrected chi connectivity index (χ2v) is 5.01. The summed E-state index contributed by atoms with van der Waals surface area (Å²) >= 11 is 0. The lowest BCUT2D eigenvalue weighted by atomic mass is 9.70. The van der Waals surface area contributed by atoms with E-state index in [9.17, 15) is 5.11 Å². The third-order valence-electron chi connectivity index (χ3n) is 3.95. The average Bonchev–Trinajstić information content (AvgIpc) is 2.67. The van der Waals surface area contributed by atoms with Crippen LogP contribution in [0.3, 0.4) is 0 Å². The molecule has 1 spiro atoms. The second-order valence-electron chi connectivity index (χ2n) is 5.01. The summed E-state index contributed by atoms with van der Waals surface area (Å²) in [6, 6.07) is 5.86. The first kappa shape index (κ1) is 9.02. The summed E-state index contributed by atoms with van der Waals surface area (Å²) in [5.41, 5.74) is 3.32. The average molecular weight is 200 g/mol. The summed E-state index contributed by atoms with van der Waals surface area (Å²) < 4.78 is 0. The molecule has 1 heteroatoms. The van der Waals surface area contributed by atoms with Crippen LogP contribution in [0.25, 0.3) is 0 Å². The van der Waals surface area contributed by atoms with Crippen molar-refractivity contribution < 1.29 is 5.11 Å². The first-order valence-corrected chi connectivity index (χ1v) is 5.73. The molecule has 0 heterocycles. The number of phenolic OH excluding ortho intramolecular Hbond substituents is 1. The molecule has 0 saturated heterocycles. The first-order valence-electron chi connectivity index (χ1n) is 5.73. The maximum Gasteiger partial charge on any atom is 0.115 e. The molecule has 0 aliphatic heterocycles. The van der Waals surface area contributed by atoms with Gasteiger partial charge in [-0.1, -0.05) is 18.2 Å². The summed E-state index contributed by atoms with van der Waals surface area (Å²) in [7, 11) is 0. The Bertz CT molecular complexity index is 409. The predicted octanol–water partition coefficient (Wildman–Crippen LogP) is 3.22. The largest absolute Gasteiger partial charge is 0.508 e. The quantitative estimate of drug-likeness (QED) is 0.637. The van der Waals surface area contributed by atoms with Gasteiger partial charge in [-0.25, -0.2) is 0 Å². The van der Waals surface area contributed by atoms with Gasteiger partial charge in [0, 0.05) is 0 Å². The molecule has 1 N–H and O–H groups in total. The SMILES string of the molecule is Oc1ccc2c(c1)CCC1(CC=CC1)C2. The van der Waals surface area contributed by atoms with Crippen LogP contribution in [-0.4, -0.2) is 5.11 Å². The number of rotatable bonds is 0. The molecule has 0 bridgehead atoms. The van der Waals surface area contributed by atoms with E-state index in [1.807, 2.05) is 12.1 Å². The van der Waals surface area contributed by atoms with Gasteiger partial charge in [0.15, 0.2) is 0 Å². The zero-order valence-electron chi connectivity index (χ0n) is 8.87. The smallest absolute Gasteiger partial charge is 0.115 e. The van der Waals surface area contributed by atoms with Crippen molar-refractivity contribution in [1.82, 2.24) is 0 Å². The van der Waals surface area contributed by atoms with Gasteiger partial charge in [-0.15, -0.1) is 0 Å². The molecule has 15 heavy (non-hydrogen) atoms. The maximum atomic E-state index is 9.43. The van der Waals surface area contributed by atoms with E-state index in [0.717, 1.165) is 6.42 Å². The third kappa shape index (κ3) is 1.46. The molecular weight excluding hydrogens is 184 g/mol. The lowest BCUT2D eigenvalue weighted by Gasteiger charge is -2.34. The Kier molecular flexibility index (Phi) is 1.88. The normalized spacial score (nSPS) is 21.9. The van der Waals surface area contributed by atoms with E-state index in [-0.39, 0.29) is 0 Å². The molecule has 3 rings (SSSR count). The predicted molar refractivity (Wildman–Crippen MR) is 60.9 cm³/mol. The van der Waals surface area contributed by atoms with Crippen molar-refractivity contribution >= 4 is 0 Å². The molecule has 1 nitrogen and oxygen atoms in total. The van der Waals surface area contributed by atoms with Gasteiger partial charge in [0.2, 0.25) is 0 Å². The summed E-state index contributed by atoms with van der Waals surface area (Å²) in [4.78, 5) is 0. The third-order valence-corrected chi connectivity index (χ3v) is 3.95. The van der Waals surface area contributed by atoms with Gasteiger partial charge in [-0.3, -0.25) is 0 Å². The molecule has 2 aliphatic carbocycles. The van der Waals surface area contributed by atoms with Crippen LogP contribution in [0.15, 0.2) is 30.4 Å². The fourth-order valence-corrected chi connectivity index (χ4v) is 3.01. The van der Waals surface area contributed by atoms with E-state index in [1.54, 1.807) is 0 Å². The minimum absolute atomic E-state index is 0.411. The van der Waals surface area contributed by atoms with Crippen molar-refractivity contribution in [3.05, 3.63) is 41.5 Å². The minimum atomic E-state index is 0.411. The topological polar surface area (TPSA) is 20.2 Å². The molecule has 0 aromatic heterocycles. The van der Waals surface area contributed by atoms with Gasteiger partial charge in [-0.05, 0) is 60.8 Å². The minimum Gasteiger partial charge on any atom is -0.508 e. The van der Waals surface area contributed by atoms with E-state index < -0.39 is 0 Å². The molecule has 0 unspecified atom stereocenters. The molecule has 0 fully saturated rings. The molecule has 78 valence electrons. The number of aromatic hydroxyl groups is 1. The van der Waals surface area contributed by atoms with Crippen LogP contribution in [-0.2, 0) is 12.8 Å². The highest BCUT2D eigenvalue weighted by molar-refractivity contribution is 5.38. The molecular formula is C14H16O. The van der Waals surface area contributed by atoms with Gasteiger partial charge in [-0.2, -0.15) is 0 Å². The molecule has 0 radical (unpaired) electrons. The van der Waals surface area contributed by atoms with Crippen molar-refractivity contribution in [2.24, 2.45) is 5.41 Å². The van der Waals surface area contributed by atoms with Crippen LogP contribution in [0, 0.1) is 5.41 Å². The Morgan fingerprint density at radius 3 is 2.67 bits per heavy atom. The highest BCUT2D eigenvalue weighted by Gasteiger charge is 2.34. The Morgan fingerprint density at radius 1 is 1.07 bits per heavy atom. The van der Waals surface area contributed by atoms with Crippen molar-refractivity contribution in [1.29, 1.82) is 0 Å². The Morgan fingerprint density at radius 2 is 1.87 bits per heavy atom. The van der Waals surface area contributed by atoms with Crippen molar-refractivity contribution in [2.45, 2.75) is 32.1 Å². The maximum absolute atomic E-state index is 9.43. The second kappa shape index (κ2) is 3.13. The van der Waals surface area contributed by atoms with Crippen LogP contribution < -0.4 is 0 Å². The number of hydrogen-bond acceptors (Lipinski definition) is 1. The number of allylic oxidation sites excluding steroid dienone is 2. The number of fused-ring (bicyclic) bond motifs is 1. The molecule has 1 aromatic rings. The van der Waals surface area contributed by atoms with E-state index in [0.29, 0.717) is 11.2 Å². The zero-order chi connectivity index (χ0) is 10.3. The molecule has 1 aromatic carbocycles. The molecule has 2 aliphatic rings. The summed E-state index contributed by atoms with van der Waals surface area (Å²) in [6.07, 6.45) is 10.7. The monoisotopic (exact) mass is 200 g/mol. The van der Waals surface area contributed by atoms with E-state index in [4.69, 9.17) is 0 Å². The molecule has 0 atom stereocenters. The Labute approximate surface area is 90.4 Å². The van der Waals surface area contributed by atoms with Gasteiger partial charge >= 0.3 is 0 Å². The summed E-state index contributed by atoms with van der Waals surface area (Å²) in [6.45, 7) is 0. The van der Waals surface area contributed by atoms with Gasteiger partial charge in [0.05, 0.1) is 0 Å². The summed E-state index contributed by atoms with van der Waals surface area (Å²) in [5, 5.41) is 9.43. The number of phenols is 1. The Hall–Kier alpha value is -1.24.